The number of benzene rings is 1. The molecule has 18 heavy (non-hydrogen) atoms. The molecular formula is C10H9N3O4S. The van der Waals surface area contributed by atoms with E-state index in [0.29, 0.717) is 4.79 Å². The summed E-state index contributed by atoms with van der Waals surface area (Å²) in [4.78, 5) is 13.6. The summed E-state index contributed by atoms with van der Waals surface area (Å²) in [7, 11) is -3.85. The van der Waals surface area contributed by atoms with Crippen molar-refractivity contribution in [3.8, 4) is 0 Å². The molecule has 0 unspecified atom stereocenters. The third kappa shape index (κ3) is 2.33. The lowest BCUT2D eigenvalue weighted by Gasteiger charge is -2.08. The Kier molecular flexibility index (Phi) is 3.02. The predicted molar refractivity (Wildman–Crippen MR) is 62.2 cm³/mol. The van der Waals surface area contributed by atoms with Gasteiger partial charge in [-0.3, -0.25) is 0 Å². The lowest BCUT2D eigenvalue weighted by Crippen LogP contribution is -2.27. The van der Waals surface area contributed by atoms with E-state index in [1.54, 1.807) is 18.2 Å². The van der Waals surface area contributed by atoms with E-state index >= 15 is 0 Å². The molecule has 0 aliphatic heterocycles. The number of hydrogen-bond acceptors (Lipinski definition) is 4. The SMILES string of the molecule is O=C(O)c1ccnn1NS(=O)(=O)c1ccccc1. The van der Waals surface area contributed by atoms with Gasteiger partial charge in [-0.2, -0.15) is 23.1 Å². The van der Waals surface area contributed by atoms with E-state index in [0.717, 1.165) is 0 Å². The van der Waals surface area contributed by atoms with Crippen LogP contribution >= 0.6 is 0 Å². The highest BCUT2D eigenvalue weighted by Crippen LogP contribution is 2.09. The van der Waals surface area contributed by atoms with Crippen LogP contribution in [0.25, 0.3) is 0 Å². The fourth-order valence-electron chi connectivity index (χ4n) is 1.30. The first-order valence-electron chi connectivity index (χ1n) is 4.86. The third-order valence-corrected chi connectivity index (χ3v) is 3.43. The van der Waals surface area contributed by atoms with Crippen molar-refractivity contribution in [1.82, 2.24) is 9.89 Å². The molecule has 1 heterocycles. The van der Waals surface area contributed by atoms with Gasteiger partial charge in [-0.05, 0) is 18.2 Å². The number of carbonyl (C=O) groups is 1. The van der Waals surface area contributed by atoms with E-state index in [-0.39, 0.29) is 10.6 Å². The van der Waals surface area contributed by atoms with Gasteiger partial charge >= 0.3 is 5.97 Å². The molecule has 0 spiro atoms. The Morgan fingerprint density at radius 3 is 2.50 bits per heavy atom. The van der Waals surface area contributed by atoms with E-state index in [2.05, 4.69) is 9.93 Å². The predicted octanol–water partition coefficient (Wildman–Crippen LogP) is 0.514. The number of carboxylic acids is 1. The van der Waals surface area contributed by atoms with Crippen LogP contribution in [0.5, 0.6) is 0 Å². The standard InChI is InChI=1S/C10H9N3O4S/c14-10(15)9-6-7-11-13(9)12-18(16,17)8-4-2-1-3-5-8/h1-7,12H,(H,14,15). The monoisotopic (exact) mass is 267 g/mol. The first-order chi connectivity index (χ1) is 8.50. The van der Waals surface area contributed by atoms with Gasteiger partial charge in [-0.1, -0.05) is 18.2 Å². The quantitative estimate of drug-likeness (QED) is 0.840. The molecule has 0 amide bonds. The van der Waals surface area contributed by atoms with Crippen LogP contribution in [0.1, 0.15) is 10.5 Å². The van der Waals surface area contributed by atoms with Crippen LogP contribution in [0.4, 0.5) is 0 Å². The Morgan fingerprint density at radius 1 is 1.22 bits per heavy atom. The van der Waals surface area contributed by atoms with Crippen molar-refractivity contribution in [2.75, 3.05) is 4.83 Å². The van der Waals surface area contributed by atoms with Crippen LogP contribution in [0, 0.1) is 0 Å². The zero-order valence-corrected chi connectivity index (χ0v) is 9.83. The Balaban J connectivity index is 2.34. The molecular weight excluding hydrogens is 258 g/mol. The van der Waals surface area contributed by atoms with Gasteiger partial charge in [-0.25, -0.2) is 4.79 Å². The number of rotatable bonds is 4. The van der Waals surface area contributed by atoms with E-state index in [1.165, 1.54) is 24.4 Å². The zero-order chi connectivity index (χ0) is 13.2. The van der Waals surface area contributed by atoms with Gasteiger partial charge in [0.05, 0.1) is 11.1 Å². The minimum Gasteiger partial charge on any atom is -0.476 e. The van der Waals surface area contributed by atoms with Gasteiger partial charge in [-0.15, -0.1) is 0 Å². The summed E-state index contributed by atoms with van der Waals surface area (Å²) in [6.45, 7) is 0. The summed E-state index contributed by atoms with van der Waals surface area (Å²) >= 11 is 0. The molecule has 94 valence electrons. The molecule has 2 N–H and O–H groups in total. The van der Waals surface area contributed by atoms with Gasteiger partial charge in [0, 0.05) is 0 Å². The number of sulfonamides is 1. The number of hydrogen-bond donors (Lipinski definition) is 2. The highest BCUT2D eigenvalue weighted by Gasteiger charge is 2.17. The second-order valence-corrected chi connectivity index (χ2v) is 5.00. The van der Waals surface area contributed by atoms with Gasteiger partial charge in [0.1, 0.15) is 0 Å². The summed E-state index contributed by atoms with van der Waals surface area (Å²) in [6, 6.07) is 8.79. The van der Waals surface area contributed by atoms with Crippen molar-refractivity contribution in [2.45, 2.75) is 4.90 Å². The summed E-state index contributed by atoms with van der Waals surface area (Å²) < 4.78 is 23.8. The minimum absolute atomic E-state index is 0.0249. The Labute approximate surface area is 103 Å². The lowest BCUT2D eigenvalue weighted by molar-refractivity contribution is 0.0686. The molecule has 0 radical (unpaired) electrons. The Bertz CT molecular complexity index is 663. The third-order valence-electron chi connectivity index (χ3n) is 2.12. The lowest BCUT2D eigenvalue weighted by atomic mass is 10.4. The average Bonchev–Trinajstić information content (AvgIpc) is 2.78. The zero-order valence-electron chi connectivity index (χ0n) is 9.02. The Hall–Kier alpha value is -2.35. The first kappa shape index (κ1) is 12.1. The maximum Gasteiger partial charge on any atom is 0.356 e. The molecule has 0 aliphatic rings. The molecule has 0 saturated heterocycles. The molecule has 2 aromatic rings. The van der Waals surface area contributed by atoms with E-state index in [4.69, 9.17) is 5.11 Å². The smallest absolute Gasteiger partial charge is 0.356 e. The van der Waals surface area contributed by atoms with Crippen molar-refractivity contribution in [1.29, 1.82) is 0 Å². The fraction of sp³-hybridized carbons (Fsp3) is 0. The summed E-state index contributed by atoms with van der Waals surface area (Å²) in [5.41, 5.74) is -0.269. The van der Waals surface area contributed by atoms with Gasteiger partial charge in [0.15, 0.2) is 5.69 Å². The van der Waals surface area contributed by atoms with Crippen molar-refractivity contribution in [3.63, 3.8) is 0 Å². The average molecular weight is 267 g/mol. The maximum atomic E-state index is 11.9. The van der Waals surface area contributed by atoms with Crippen LogP contribution in [0.15, 0.2) is 47.5 Å². The summed E-state index contributed by atoms with van der Waals surface area (Å²) in [5, 5.41) is 12.4. The number of carboxylic acid groups (broad SMARTS) is 1. The van der Waals surface area contributed by atoms with Crippen molar-refractivity contribution < 1.29 is 18.3 Å². The summed E-state index contributed by atoms with van der Waals surface area (Å²) in [5.74, 6) is -1.27. The van der Waals surface area contributed by atoms with Crippen LogP contribution in [-0.4, -0.2) is 29.4 Å². The van der Waals surface area contributed by atoms with Crippen molar-refractivity contribution in [2.24, 2.45) is 0 Å². The number of nitrogens with one attached hydrogen (secondary N) is 1. The van der Waals surface area contributed by atoms with Gasteiger partial charge in [0.25, 0.3) is 10.0 Å². The summed E-state index contributed by atoms with van der Waals surface area (Å²) in [6.07, 6.45) is 1.19. The number of aromatic nitrogens is 2. The van der Waals surface area contributed by atoms with Gasteiger partial charge in [0.2, 0.25) is 0 Å². The highest BCUT2D eigenvalue weighted by molar-refractivity contribution is 7.92. The first-order valence-corrected chi connectivity index (χ1v) is 6.34. The molecule has 1 aromatic heterocycles. The molecule has 8 heteroatoms. The molecule has 2 rings (SSSR count). The van der Waals surface area contributed by atoms with Crippen LogP contribution in [-0.2, 0) is 10.0 Å². The highest BCUT2D eigenvalue weighted by atomic mass is 32.2. The topological polar surface area (TPSA) is 101 Å². The molecule has 0 saturated carbocycles. The number of aromatic carboxylic acids is 1. The molecule has 7 nitrogen and oxygen atoms in total. The minimum atomic E-state index is -3.85. The number of nitrogens with zero attached hydrogens (tertiary/aromatic N) is 2. The molecule has 0 bridgehead atoms. The second-order valence-electron chi connectivity index (χ2n) is 3.34. The van der Waals surface area contributed by atoms with Crippen molar-refractivity contribution >= 4 is 16.0 Å². The van der Waals surface area contributed by atoms with Crippen molar-refractivity contribution in [3.05, 3.63) is 48.3 Å². The largest absolute Gasteiger partial charge is 0.476 e. The molecule has 0 aliphatic carbocycles. The van der Waals surface area contributed by atoms with Crippen LogP contribution < -0.4 is 4.83 Å². The molecule has 0 atom stereocenters. The Morgan fingerprint density at radius 2 is 1.89 bits per heavy atom. The normalized spacial score (nSPS) is 11.1. The van der Waals surface area contributed by atoms with E-state index < -0.39 is 16.0 Å². The fourth-order valence-corrected chi connectivity index (χ4v) is 2.30. The van der Waals surface area contributed by atoms with E-state index in [1.807, 2.05) is 0 Å². The second kappa shape index (κ2) is 4.49. The van der Waals surface area contributed by atoms with Crippen LogP contribution in [0.2, 0.25) is 0 Å². The van der Waals surface area contributed by atoms with Crippen LogP contribution in [0.3, 0.4) is 0 Å². The molecule has 0 fully saturated rings. The molecule has 1 aromatic carbocycles. The maximum absolute atomic E-state index is 11.9. The van der Waals surface area contributed by atoms with E-state index in [9.17, 15) is 13.2 Å². The van der Waals surface area contributed by atoms with Gasteiger partial charge < -0.3 is 5.11 Å².